The quantitative estimate of drug-likeness (QED) is 0.379. The summed E-state index contributed by atoms with van der Waals surface area (Å²) in [5, 5.41) is 0. The molecule has 0 amide bonds. The summed E-state index contributed by atoms with van der Waals surface area (Å²) in [6.45, 7) is 11.5. The zero-order chi connectivity index (χ0) is 22.7. The third-order valence-corrected chi connectivity index (χ3v) is 8.76. The van der Waals surface area contributed by atoms with Crippen LogP contribution >= 0.6 is 0 Å². The van der Waals surface area contributed by atoms with Crippen LogP contribution in [0.25, 0.3) is 11.3 Å². The number of carbonyl (C=O) groups is 1. The average Bonchev–Trinajstić information content (AvgIpc) is 2.71. The van der Waals surface area contributed by atoms with E-state index in [1.807, 2.05) is 12.1 Å². The largest absolute Gasteiger partial charge is 0.546 e. The first-order valence-electron chi connectivity index (χ1n) is 12.5. The molecule has 6 rings (SSSR count). The summed E-state index contributed by atoms with van der Waals surface area (Å²) >= 11 is 0. The topological polar surface area (TPSA) is 39.2 Å². The summed E-state index contributed by atoms with van der Waals surface area (Å²) in [4.78, 5) is 16.1. The van der Waals surface area contributed by atoms with E-state index in [-0.39, 0.29) is 10.8 Å². The number of benzene rings is 1. The molecule has 3 nitrogen and oxygen atoms in total. The Kier molecular flexibility index (Phi) is 5.35. The van der Waals surface area contributed by atoms with Crippen LogP contribution in [0.1, 0.15) is 80.9 Å². The van der Waals surface area contributed by atoms with E-state index in [4.69, 9.17) is 4.43 Å². The first-order chi connectivity index (χ1) is 15.2. The second-order valence-corrected chi connectivity index (χ2v) is 14.4. The molecule has 170 valence electrons. The standard InChI is InChI=1S/C28H37NO2Si/c1-27(2,3)23-10-9-22(24-8-6-7-21(17-30)29-24)26(31-32(4)5)25(23)28-14-18-11-19(15-28)13-20(12-18)16-28/h6-10,17-20,32H,11-16H2,1-5H3. The van der Waals surface area contributed by atoms with Crippen molar-refractivity contribution in [3.05, 3.63) is 47.2 Å². The van der Waals surface area contributed by atoms with Gasteiger partial charge in [0.1, 0.15) is 11.4 Å². The van der Waals surface area contributed by atoms with E-state index in [2.05, 4.69) is 51.0 Å². The summed E-state index contributed by atoms with van der Waals surface area (Å²) in [7, 11) is -1.37. The van der Waals surface area contributed by atoms with Gasteiger partial charge in [0.25, 0.3) is 0 Å². The first kappa shape index (κ1) is 21.9. The van der Waals surface area contributed by atoms with Crippen molar-refractivity contribution in [3.8, 4) is 17.0 Å². The number of carbonyl (C=O) groups excluding carboxylic acids is 1. The van der Waals surface area contributed by atoms with Gasteiger partial charge < -0.3 is 4.43 Å². The molecule has 1 aromatic carbocycles. The van der Waals surface area contributed by atoms with E-state index in [1.54, 1.807) is 6.07 Å². The SMILES string of the molecule is C[SiH](C)Oc1c(-c2cccc(C=O)n2)ccc(C(C)(C)C)c1C12CC3CC(CC(C3)C1)C2. The molecule has 4 heteroatoms. The molecule has 4 aliphatic carbocycles. The number of aromatic nitrogens is 1. The van der Waals surface area contributed by atoms with Gasteiger partial charge in [-0.2, -0.15) is 0 Å². The fourth-order valence-corrected chi connectivity index (χ4v) is 8.09. The monoisotopic (exact) mass is 447 g/mol. The molecule has 1 aromatic heterocycles. The van der Waals surface area contributed by atoms with Gasteiger partial charge in [0.05, 0.1) is 5.69 Å². The third kappa shape index (κ3) is 3.75. The van der Waals surface area contributed by atoms with Gasteiger partial charge in [0.15, 0.2) is 6.29 Å². The Morgan fingerprint density at radius 1 is 1.00 bits per heavy atom. The lowest BCUT2D eigenvalue weighted by molar-refractivity contribution is -0.00655. The number of rotatable bonds is 5. The first-order valence-corrected chi connectivity index (χ1v) is 15.2. The highest BCUT2D eigenvalue weighted by Gasteiger charge is 2.54. The van der Waals surface area contributed by atoms with Gasteiger partial charge in [0, 0.05) is 16.5 Å². The lowest BCUT2D eigenvalue weighted by Crippen LogP contribution is -2.49. The predicted molar refractivity (Wildman–Crippen MR) is 133 cm³/mol. The summed E-state index contributed by atoms with van der Waals surface area (Å²) < 4.78 is 6.84. The molecule has 0 unspecified atom stereocenters. The molecule has 0 atom stereocenters. The summed E-state index contributed by atoms with van der Waals surface area (Å²) in [6, 6.07) is 10.3. The zero-order valence-electron chi connectivity index (χ0n) is 20.3. The van der Waals surface area contributed by atoms with Crippen LogP contribution in [-0.4, -0.2) is 20.3 Å². The molecule has 4 saturated carbocycles. The highest BCUT2D eigenvalue weighted by atomic mass is 28.3. The van der Waals surface area contributed by atoms with Crippen molar-refractivity contribution in [1.82, 2.24) is 4.98 Å². The minimum atomic E-state index is -1.37. The van der Waals surface area contributed by atoms with Crippen molar-refractivity contribution in [3.63, 3.8) is 0 Å². The van der Waals surface area contributed by atoms with Crippen LogP contribution in [-0.2, 0) is 10.8 Å². The van der Waals surface area contributed by atoms with E-state index < -0.39 is 9.04 Å². The number of aldehydes is 1. The van der Waals surface area contributed by atoms with Gasteiger partial charge in [-0.05, 0) is 98.6 Å². The van der Waals surface area contributed by atoms with Gasteiger partial charge in [-0.1, -0.05) is 32.9 Å². The molecular formula is C28H37NO2Si. The zero-order valence-corrected chi connectivity index (χ0v) is 21.4. The normalized spacial score (nSPS) is 28.9. The molecule has 0 spiro atoms. The number of pyridine rings is 1. The maximum absolute atomic E-state index is 11.4. The smallest absolute Gasteiger partial charge is 0.229 e. The average molecular weight is 448 g/mol. The fraction of sp³-hybridized carbons (Fsp3) is 0.571. The maximum Gasteiger partial charge on any atom is 0.229 e. The summed E-state index contributed by atoms with van der Waals surface area (Å²) in [5.74, 6) is 3.70. The van der Waals surface area contributed by atoms with Crippen LogP contribution in [0.15, 0.2) is 30.3 Å². The van der Waals surface area contributed by atoms with Crippen LogP contribution in [0.5, 0.6) is 5.75 Å². The van der Waals surface area contributed by atoms with Crippen molar-refractivity contribution in [1.29, 1.82) is 0 Å². The van der Waals surface area contributed by atoms with Crippen LogP contribution in [0.4, 0.5) is 0 Å². The van der Waals surface area contributed by atoms with Crippen molar-refractivity contribution < 1.29 is 9.22 Å². The third-order valence-electron chi connectivity index (χ3n) is 8.06. The molecule has 1 heterocycles. The minimum absolute atomic E-state index is 0.0475. The summed E-state index contributed by atoms with van der Waals surface area (Å²) in [6.07, 6.45) is 9.06. The lowest BCUT2D eigenvalue weighted by atomic mass is 9.47. The van der Waals surface area contributed by atoms with Crippen molar-refractivity contribution in [2.75, 3.05) is 0 Å². The number of hydrogen-bond donors (Lipinski definition) is 0. The van der Waals surface area contributed by atoms with E-state index in [0.29, 0.717) is 5.69 Å². The molecule has 0 aliphatic heterocycles. The van der Waals surface area contributed by atoms with Gasteiger partial charge in [0.2, 0.25) is 9.04 Å². The van der Waals surface area contributed by atoms with Crippen molar-refractivity contribution in [2.45, 2.75) is 83.2 Å². The Morgan fingerprint density at radius 2 is 1.62 bits per heavy atom. The Labute approximate surface area is 194 Å². The van der Waals surface area contributed by atoms with E-state index >= 15 is 0 Å². The number of nitrogens with zero attached hydrogens (tertiary/aromatic N) is 1. The summed E-state index contributed by atoms with van der Waals surface area (Å²) in [5.41, 5.74) is 5.60. The molecular weight excluding hydrogens is 410 g/mol. The van der Waals surface area contributed by atoms with E-state index in [1.165, 1.54) is 49.7 Å². The Bertz CT molecular complexity index is 1000. The number of hydrogen-bond acceptors (Lipinski definition) is 3. The molecule has 2 aromatic rings. The highest BCUT2D eigenvalue weighted by Crippen LogP contribution is 2.63. The van der Waals surface area contributed by atoms with Crippen LogP contribution in [0.2, 0.25) is 13.1 Å². The Morgan fingerprint density at radius 3 is 2.16 bits per heavy atom. The van der Waals surface area contributed by atoms with Gasteiger partial charge in [-0.15, -0.1) is 0 Å². The highest BCUT2D eigenvalue weighted by molar-refractivity contribution is 6.49. The van der Waals surface area contributed by atoms with Crippen LogP contribution in [0.3, 0.4) is 0 Å². The second-order valence-electron chi connectivity index (χ2n) is 12.0. The second kappa shape index (κ2) is 7.83. The van der Waals surface area contributed by atoms with Gasteiger partial charge in [-0.25, -0.2) is 4.98 Å². The molecule has 0 radical (unpaired) electrons. The van der Waals surface area contributed by atoms with Crippen LogP contribution in [0, 0.1) is 17.8 Å². The predicted octanol–water partition coefficient (Wildman–Crippen LogP) is 6.69. The molecule has 32 heavy (non-hydrogen) atoms. The van der Waals surface area contributed by atoms with Gasteiger partial charge in [-0.3, -0.25) is 4.79 Å². The molecule has 4 fully saturated rings. The van der Waals surface area contributed by atoms with Crippen molar-refractivity contribution >= 4 is 15.3 Å². The molecule has 4 aliphatic rings. The molecule has 0 N–H and O–H groups in total. The fourth-order valence-electron chi connectivity index (χ4n) is 7.38. The minimum Gasteiger partial charge on any atom is -0.546 e. The van der Waals surface area contributed by atoms with Crippen LogP contribution < -0.4 is 4.43 Å². The van der Waals surface area contributed by atoms with Gasteiger partial charge >= 0.3 is 0 Å². The maximum atomic E-state index is 11.4. The van der Waals surface area contributed by atoms with E-state index in [9.17, 15) is 4.79 Å². The Balaban J connectivity index is 1.77. The molecule has 0 saturated heterocycles. The lowest BCUT2D eigenvalue weighted by Gasteiger charge is -2.58. The van der Waals surface area contributed by atoms with Crippen molar-refractivity contribution in [2.24, 2.45) is 17.8 Å². The molecule has 4 bridgehead atoms. The van der Waals surface area contributed by atoms with E-state index in [0.717, 1.165) is 41.0 Å². The Hall–Kier alpha value is -1.94.